The van der Waals surface area contributed by atoms with Crippen LogP contribution in [0.4, 0.5) is 5.69 Å². The Bertz CT molecular complexity index is 376. The second-order valence-electron chi connectivity index (χ2n) is 4.50. The van der Waals surface area contributed by atoms with Crippen molar-refractivity contribution < 1.29 is 0 Å². The van der Waals surface area contributed by atoms with Crippen molar-refractivity contribution in [1.29, 1.82) is 0 Å². The van der Waals surface area contributed by atoms with Gasteiger partial charge in [-0.15, -0.1) is 0 Å². The third-order valence-corrected chi connectivity index (χ3v) is 3.28. The zero-order valence-corrected chi connectivity index (χ0v) is 10.2. The molecule has 2 nitrogen and oxygen atoms in total. The van der Waals surface area contributed by atoms with Gasteiger partial charge in [-0.25, -0.2) is 0 Å². The lowest BCUT2D eigenvalue weighted by molar-refractivity contribution is 0.323. The molecule has 16 heavy (non-hydrogen) atoms. The van der Waals surface area contributed by atoms with Gasteiger partial charge in [0.25, 0.3) is 0 Å². The van der Waals surface area contributed by atoms with Gasteiger partial charge in [-0.1, -0.05) is 24.8 Å². The van der Waals surface area contributed by atoms with E-state index in [1.165, 1.54) is 16.9 Å². The van der Waals surface area contributed by atoms with Crippen LogP contribution < -0.4 is 4.90 Å². The fourth-order valence-electron chi connectivity index (χ4n) is 2.25. The number of rotatable bonds is 2. The van der Waals surface area contributed by atoms with E-state index in [0.717, 1.165) is 26.2 Å². The summed E-state index contributed by atoms with van der Waals surface area (Å²) in [5, 5.41) is 0. The summed E-state index contributed by atoms with van der Waals surface area (Å²) in [6.45, 7) is 12.6. The molecule has 0 N–H and O–H groups in total. The van der Waals surface area contributed by atoms with Crippen LogP contribution in [0.15, 0.2) is 36.5 Å². The molecule has 0 atom stereocenters. The summed E-state index contributed by atoms with van der Waals surface area (Å²) in [4.78, 5) is 4.82. The quantitative estimate of drug-likeness (QED) is 0.750. The molecule has 1 fully saturated rings. The molecule has 1 aromatic rings. The number of piperazine rings is 1. The summed E-state index contributed by atoms with van der Waals surface area (Å²) in [6.07, 6.45) is 0. The summed E-state index contributed by atoms with van der Waals surface area (Å²) in [6, 6.07) is 8.61. The Balaban J connectivity index is 2.05. The van der Waals surface area contributed by atoms with Crippen molar-refractivity contribution in [3.63, 3.8) is 0 Å². The van der Waals surface area contributed by atoms with Gasteiger partial charge in [0.15, 0.2) is 0 Å². The molecule has 0 aromatic heterocycles. The molecule has 1 heterocycles. The SMILES string of the molecule is C=C(C)N1CCN(c2ccccc2C)CC1. The van der Waals surface area contributed by atoms with E-state index in [4.69, 9.17) is 0 Å². The average Bonchev–Trinajstić information content (AvgIpc) is 2.30. The number of anilines is 1. The molecule has 1 aliphatic heterocycles. The fourth-order valence-corrected chi connectivity index (χ4v) is 2.25. The highest BCUT2D eigenvalue weighted by Crippen LogP contribution is 2.21. The first-order valence-electron chi connectivity index (χ1n) is 5.89. The van der Waals surface area contributed by atoms with Crippen LogP contribution in [0.2, 0.25) is 0 Å². The Hall–Kier alpha value is -1.44. The van der Waals surface area contributed by atoms with Crippen LogP contribution in [0.1, 0.15) is 12.5 Å². The van der Waals surface area contributed by atoms with Crippen molar-refractivity contribution in [2.75, 3.05) is 31.1 Å². The molecule has 1 aromatic carbocycles. The Morgan fingerprint density at radius 1 is 1.12 bits per heavy atom. The molecule has 2 heteroatoms. The van der Waals surface area contributed by atoms with Crippen molar-refractivity contribution in [2.24, 2.45) is 0 Å². The summed E-state index contributed by atoms with van der Waals surface area (Å²) in [5.41, 5.74) is 3.93. The van der Waals surface area contributed by atoms with Gasteiger partial charge in [0.2, 0.25) is 0 Å². The minimum Gasteiger partial charge on any atom is -0.372 e. The highest BCUT2D eigenvalue weighted by atomic mass is 15.3. The summed E-state index contributed by atoms with van der Waals surface area (Å²) < 4.78 is 0. The molecule has 0 saturated carbocycles. The Morgan fingerprint density at radius 3 is 2.31 bits per heavy atom. The van der Waals surface area contributed by atoms with Gasteiger partial charge < -0.3 is 9.80 Å². The number of hydrogen-bond donors (Lipinski definition) is 0. The van der Waals surface area contributed by atoms with E-state index < -0.39 is 0 Å². The van der Waals surface area contributed by atoms with Crippen LogP contribution in [0.25, 0.3) is 0 Å². The molecule has 0 spiro atoms. The van der Waals surface area contributed by atoms with Gasteiger partial charge in [0.05, 0.1) is 0 Å². The van der Waals surface area contributed by atoms with Crippen LogP contribution in [-0.4, -0.2) is 31.1 Å². The first-order valence-corrected chi connectivity index (χ1v) is 5.89. The molecule has 0 bridgehead atoms. The van der Waals surface area contributed by atoms with E-state index in [9.17, 15) is 0 Å². The van der Waals surface area contributed by atoms with E-state index >= 15 is 0 Å². The lowest BCUT2D eigenvalue weighted by Gasteiger charge is -2.38. The highest BCUT2D eigenvalue weighted by molar-refractivity contribution is 5.53. The molecule has 0 amide bonds. The maximum Gasteiger partial charge on any atom is 0.0397 e. The zero-order chi connectivity index (χ0) is 11.5. The Morgan fingerprint density at radius 2 is 1.75 bits per heavy atom. The number of para-hydroxylation sites is 1. The van der Waals surface area contributed by atoms with E-state index in [2.05, 4.69) is 54.5 Å². The Kier molecular flexibility index (Phi) is 3.18. The van der Waals surface area contributed by atoms with Crippen molar-refractivity contribution in [1.82, 2.24) is 4.90 Å². The summed E-state index contributed by atoms with van der Waals surface area (Å²) in [5.74, 6) is 0. The summed E-state index contributed by atoms with van der Waals surface area (Å²) in [7, 11) is 0. The third kappa shape index (κ3) is 2.21. The molecule has 0 radical (unpaired) electrons. The van der Waals surface area contributed by atoms with Crippen LogP contribution in [0, 0.1) is 6.92 Å². The van der Waals surface area contributed by atoms with E-state index in [1.54, 1.807) is 0 Å². The van der Waals surface area contributed by atoms with E-state index in [1.807, 2.05) is 0 Å². The van der Waals surface area contributed by atoms with Gasteiger partial charge >= 0.3 is 0 Å². The predicted octanol–water partition coefficient (Wildman–Crippen LogP) is 2.65. The molecule has 86 valence electrons. The van der Waals surface area contributed by atoms with Crippen molar-refractivity contribution in [2.45, 2.75) is 13.8 Å². The number of aryl methyl sites for hydroxylation is 1. The normalized spacial score (nSPS) is 16.4. The largest absolute Gasteiger partial charge is 0.372 e. The molecule has 1 aliphatic rings. The van der Waals surface area contributed by atoms with Crippen molar-refractivity contribution >= 4 is 5.69 Å². The van der Waals surface area contributed by atoms with Crippen LogP contribution in [-0.2, 0) is 0 Å². The van der Waals surface area contributed by atoms with Gasteiger partial charge in [0, 0.05) is 37.6 Å². The molecule has 0 aliphatic carbocycles. The second-order valence-corrected chi connectivity index (χ2v) is 4.50. The molecule has 1 saturated heterocycles. The summed E-state index contributed by atoms with van der Waals surface area (Å²) >= 11 is 0. The van der Waals surface area contributed by atoms with Crippen molar-refractivity contribution in [3.05, 3.63) is 42.1 Å². The molecule has 2 rings (SSSR count). The Labute approximate surface area is 98.2 Å². The first-order chi connectivity index (χ1) is 7.68. The van der Waals surface area contributed by atoms with Gasteiger partial charge in [0.1, 0.15) is 0 Å². The average molecular weight is 216 g/mol. The topological polar surface area (TPSA) is 6.48 Å². The maximum atomic E-state index is 4.00. The number of allylic oxidation sites excluding steroid dienone is 1. The van der Waals surface area contributed by atoms with Crippen LogP contribution >= 0.6 is 0 Å². The van der Waals surface area contributed by atoms with Gasteiger partial charge in [-0.3, -0.25) is 0 Å². The lowest BCUT2D eigenvalue weighted by Crippen LogP contribution is -2.45. The van der Waals surface area contributed by atoms with E-state index in [0.29, 0.717) is 0 Å². The lowest BCUT2D eigenvalue weighted by atomic mass is 10.1. The van der Waals surface area contributed by atoms with E-state index in [-0.39, 0.29) is 0 Å². The number of nitrogens with zero attached hydrogens (tertiary/aromatic N) is 2. The van der Waals surface area contributed by atoms with Gasteiger partial charge in [-0.2, -0.15) is 0 Å². The molecular formula is C14H20N2. The van der Waals surface area contributed by atoms with Gasteiger partial charge in [-0.05, 0) is 25.5 Å². The standard InChI is InChI=1S/C14H20N2/c1-12(2)15-8-10-16(11-9-15)14-7-5-4-6-13(14)3/h4-7H,1,8-11H2,2-3H3. The van der Waals surface area contributed by atoms with Crippen LogP contribution in [0.5, 0.6) is 0 Å². The third-order valence-electron chi connectivity index (χ3n) is 3.28. The maximum absolute atomic E-state index is 4.00. The number of benzene rings is 1. The first kappa shape index (κ1) is 11.1. The smallest absolute Gasteiger partial charge is 0.0397 e. The molecular weight excluding hydrogens is 196 g/mol. The second kappa shape index (κ2) is 4.60. The predicted molar refractivity (Wildman–Crippen MR) is 69.8 cm³/mol. The highest BCUT2D eigenvalue weighted by Gasteiger charge is 2.17. The monoisotopic (exact) mass is 216 g/mol. The zero-order valence-electron chi connectivity index (χ0n) is 10.2. The van der Waals surface area contributed by atoms with Crippen molar-refractivity contribution in [3.8, 4) is 0 Å². The molecule has 0 unspecified atom stereocenters. The number of hydrogen-bond acceptors (Lipinski definition) is 2. The fraction of sp³-hybridized carbons (Fsp3) is 0.429. The van der Waals surface area contributed by atoms with Crippen LogP contribution in [0.3, 0.4) is 0 Å². The minimum absolute atomic E-state index is 1.09. The minimum atomic E-state index is 1.09.